The zero-order valence-corrected chi connectivity index (χ0v) is 39.4. The fourth-order valence-electron chi connectivity index (χ4n) is 10.7. The van der Waals surface area contributed by atoms with Gasteiger partial charge >= 0.3 is 0 Å². The first-order chi connectivity index (χ1) is 27.6. The van der Waals surface area contributed by atoms with Crippen molar-refractivity contribution < 1.29 is 42.6 Å². The summed E-state index contributed by atoms with van der Waals surface area (Å²) in [6, 6.07) is -0.0879. The first-order valence-corrected chi connectivity index (χ1v) is 23.7. The van der Waals surface area contributed by atoms with Gasteiger partial charge in [-0.3, -0.25) is 4.74 Å². The second kappa shape index (κ2) is 20.7. The van der Waals surface area contributed by atoms with E-state index in [-0.39, 0.29) is 130 Å². The van der Waals surface area contributed by atoms with Crippen molar-refractivity contribution in [2.45, 2.75) is 235 Å². The molecule has 5 saturated heterocycles. The molecule has 11 heteroatoms. The maximum absolute atomic E-state index is 7.73. The molecule has 5 heterocycles. The average Bonchev–Trinajstić information content (AvgIpc) is 3.21. The van der Waals surface area contributed by atoms with Crippen LogP contribution in [0.1, 0.15) is 143 Å². The maximum Gasteiger partial charge on any atom is 0.161 e. The number of hydrogen-bond acceptors (Lipinski definition) is 10. The number of nitrogens with zero attached hydrogens (tertiary/aromatic N) is 1. The lowest BCUT2D eigenvalue weighted by molar-refractivity contribution is -0.362. The highest BCUT2D eigenvalue weighted by Gasteiger charge is 2.52. The van der Waals surface area contributed by atoms with Crippen LogP contribution in [-0.2, 0) is 42.6 Å². The van der Waals surface area contributed by atoms with Gasteiger partial charge in [-0.2, -0.15) is 0 Å². The Labute approximate surface area is 351 Å². The molecular weight excluding hydrogens is 741 g/mol. The van der Waals surface area contributed by atoms with Crippen molar-refractivity contribution in [3.8, 4) is 0 Å². The summed E-state index contributed by atoms with van der Waals surface area (Å²) >= 11 is 0. The highest BCUT2D eigenvalue weighted by Crippen LogP contribution is 2.45. The van der Waals surface area contributed by atoms with Gasteiger partial charge in [0.2, 0.25) is 0 Å². The monoisotopic (exact) mass is 829 g/mol. The van der Waals surface area contributed by atoms with E-state index in [0.29, 0.717) is 17.8 Å². The van der Waals surface area contributed by atoms with Crippen LogP contribution >= 0.6 is 8.98 Å². The van der Waals surface area contributed by atoms with Gasteiger partial charge in [-0.25, -0.2) is 0 Å². The van der Waals surface area contributed by atoms with E-state index in [0.717, 1.165) is 32.1 Å². The van der Waals surface area contributed by atoms with Gasteiger partial charge in [0.15, 0.2) is 25.2 Å². The van der Waals surface area contributed by atoms with E-state index in [9.17, 15) is 0 Å². The van der Waals surface area contributed by atoms with Gasteiger partial charge in [0.25, 0.3) is 0 Å². The number of rotatable bonds is 14. The van der Waals surface area contributed by atoms with Crippen LogP contribution in [0.25, 0.3) is 0 Å². The summed E-state index contributed by atoms with van der Waals surface area (Å²) in [5.74, 6) is 2.30. The van der Waals surface area contributed by atoms with Crippen molar-refractivity contribution in [3.63, 3.8) is 0 Å². The molecule has 0 saturated carbocycles. The molecule has 332 valence electrons. The minimum Gasteiger partial charge on any atom is -0.370 e. The minimum atomic E-state index is -0.395. The maximum atomic E-state index is 7.73. The molecule has 0 aromatic carbocycles. The fraction of sp³-hybridized carbons (Fsp3) is 1.00. The summed E-state index contributed by atoms with van der Waals surface area (Å²) < 4.78 is 73.8. The first-order valence-electron chi connectivity index (χ1n) is 23.7. The van der Waals surface area contributed by atoms with E-state index < -0.39 is 12.6 Å². The van der Waals surface area contributed by atoms with E-state index in [1.807, 2.05) is 0 Å². The van der Waals surface area contributed by atoms with E-state index in [1.165, 1.54) is 0 Å². The van der Waals surface area contributed by atoms with Gasteiger partial charge in [-0.15, -0.1) is 0 Å². The minimum absolute atomic E-state index is 0.0470. The van der Waals surface area contributed by atoms with Crippen molar-refractivity contribution in [1.82, 2.24) is 0 Å². The van der Waals surface area contributed by atoms with Crippen LogP contribution < -0.4 is 0 Å². The second-order valence-corrected chi connectivity index (χ2v) is 19.4. The lowest BCUT2D eigenvalue weighted by atomic mass is 9.78. The van der Waals surface area contributed by atoms with Crippen LogP contribution in [-0.4, -0.2) is 93.5 Å². The Hall–Kier alpha value is -0.260. The Morgan fingerprint density at radius 2 is 0.684 bits per heavy atom. The van der Waals surface area contributed by atoms with Crippen LogP contribution in [0.3, 0.4) is 0 Å². The van der Waals surface area contributed by atoms with Crippen LogP contribution in [0, 0.1) is 59.2 Å². The third kappa shape index (κ3) is 9.87. The summed E-state index contributed by atoms with van der Waals surface area (Å²) in [7, 11) is 0.274. The molecule has 0 spiro atoms. The molecular formula is C46H84NO9P. The molecule has 0 amide bonds. The van der Waals surface area contributed by atoms with Gasteiger partial charge in [-0.05, 0) is 77.6 Å². The van der Waals surface area contributed by atoms with E-state index in [2.05, 4.69) is 116 Å². The Morgan fingerprint density at radius 3 is 1.02 bits per heavy atom. The van der Waals surface area contributed by atoms with E-state index in [4.69, 9.17) is 43.9 Å². The molecule has 5 rings (SSSR count). The number of hydrogen-bond donors (Lipinski definition) is 0. The first kappa shape index (κ1) is 46.2. The molecule has 10 unspecified atom stereocenters. The van der Waals surface area contributed by atoms with E-state index >= 15 is 0 Å². The molecule has 0 aromatic rings. The smallest absolute Gasteiger partial charge is 0.161 e. The molecule has 57 heavy (non-hydrogen) atoms. The van der Waals surface area contributed by atoms with Crippen LogP contribution in [0.2, 0.25) is 0 Å². The standard InChI is InChI=1S/C46H84NO9P/c1-17-33-23(7)22(6)27(11)43(49-33)53-39-24(8)28(12)44(50-35(39)19-3)54-40-25(9)29(13)45(51-36(40)20-4)55-41-26(10)30(14)46(52-37(41)21-5)56-42-31(15)38(47-57)32(16)48-34(42)18-2/h22-46,57H,17-21H2,1-16H3/t22-,23-,24+,25+,26+,27?,28?,29?,30?,31+,32-,33?,34?,35?,36?,37?,38?,39-,40-,41-,42-,43-,44-,45-,46-/m0/s1. The Morgan fingerprint density at radius 1 is 0.386 bits per heavy atom. The molecule has 25 atom stereocenters. The van der Waals surface area contributed by atoms with Gasteiger partial charge < -0.3 is 42.6 Å². The van der Waals surface area contributed by atoms with Crippen molar-refractivity contribution in [1.29, 1.82) is 1.28 Å². The third-order valence-electron chi connectivity index (χ3n) is 15.9. The van der Waals surface area contributed by atoms with Crippen LogP contribution in [0.15, 0.2) is 4.74 Å². The zero-order chi connectivity index (χ0) is 42.7. The summed E-state index contributed by atoms with van der Waals surface area (Å²) in [6.07, 6.45) is 2.10. The molecule has 0 bridgehead atoms. The molecule has 0 aromatic heterocycles. The molecule has 0 radical (unpaired) electrons. The third-order valence-corrected chi connectivity index (χ3v) is 16.2. The predicted molar refractivity (Wildman–Crippen MR) is 226 cm³/mol. The normalized spacial score (nSPS) is 52.8. The highest BCUT2D eigenvalue weighted by molar-refractivity contribution is 7.04. The topological polar surface area (TPSA) is 95.4 Å². The SMILES string of the molecule is [4H]/P=N\C1[C@H](C)OC(CC)[C@@H](O[C@@H]2OC(CC)[C@@H](O[C@@H]3OC(CC)[C@@H](O[C@@H]4OC(CC)[C@@H](O[C@@H]5OC(CC)[C@@H](C)[C@H](C)C5C)[C@H](C)C4C)[C@H](C)C3C)[C@H](C)C2C)[C@@H]1C. The summed E-state index contributed by atoms with van der Waals surface area (Å²) in [6.45, 7) is 35.6. The average molecular weight is 829 g/mol. The summed E-state index contributed by atoms with van der Waals surface area (Å²) in [4.78, 5) is 0. The molecule has 5 fully saturated rings. The van der Waals surface area contributed by atoms with Crippen LogP contribution in [0.4, 0.5) is 0 Å². The van der Waals surface area contributed by atoms with Crippen molar-refractivity contribution in [2.24, 2.45) is 63.9 Å². The fourth-order valence-corrected chi connectivity index (χ4v) is 11.1. The molecule has 5 aliphatic rings. The zero-order valence-electron chi connectivity index (χ0n) is 39.5. The van der Waals surface area contributed by atoms with Gasteiger partial charge in [0, 0.05) is 29.6 Å². The Kier molecular flexibility index (Phi) is 16.8. The van der Waals surface area contributed by atoms with Gasteiger partial charge in [-0.1, -0.05) is 104 Å². The van der Waals surface area contributed by atoms with E-state index in [1.54, 1.807) is 0 Å². The predicted octanol–water partition coefficient (Wildman–Crippen LogP) is 10.3. The second-order valence-electron chi connectivity index (χ2n) is 19.2. The van der Waals surface area contributed by atoms with Gasteiger partial charge in [0.05, 0.1) is 67.1 Å². The molecule has 0 aliphatic carbocycles. The van der Waals surface area contributed by atoms with Crippen LogP contribution in [0.5, 0.6) is 0 Å². The highest BCUT2D eigenvalue weighted by atomic mass is 31.0. The Bertz CT molecular complexity index is 1280. The lowest BCUT2D eigenvalue weighted by Crippen LogP contribution is -2.59. The number of ether oxygens (including phenoxy) is 9. The molecule has 10 nitrogen and oxygen atoms in total. The summed E-state index contributed by atoms with van der Waals surface area (Å²) in [5, 5.41) is 0. The van der Waals surface area contributed by atoms with Crippen molar-refractivity contribution in [2.75, 3.05) is 0 Å². The summed E-state index contributed by atoms with van der Waals surface area (Å²) in [5.41, 5.74) is 0. The quantitative estimate of drug-likeness (QED) is 0.159. The van der Waals surface area contributed by atoms with Gasteiger partial charge in [0.1, 0.15) is 1.28 Å². The Balaban J connectivity index is 1.23. The molecule has 5 aliphatic heterocycles. The lowest BCUT2D eigenvalue weighted by Gasteiger charge is -2.52. The molecule has 0 N–H and O–H groups in total. The van der Waals surface area contributed by atoms with Crippen molar-refractivity contribution in [3.05, 3.63) is 0 Å². The van der Waals surface area contributed by atoms with Crippen molar-refractivity contribution >= 4 is 8.98 Å². The largest absolute Gasteiger partial charge is 0.370 e.